The highest BCUT2D eigenvalue weighted by atomic mass is 16.2. The standard InChI is InChI=1S/C20H22N4O/c1-15-7-2-3-8-16(15)13-19(25)23-11-6-9-17(14-23)20-22-21-18-10-4-5-12-24(18)20/h2-5,7-8,10,12,17H,6,9,11,13-14H2,1H3. The smallest absolute Gasteiger partial charge is 0.227 e. The van der Waals surface area contributed by atoms with Crippen LogP contribution >= 0.6 is 0 Å². The first-order valence-electron chi connectivity index (χ1n) is 8.84. The Bertz CT molecular complexity index is 901. The van der Waals surface area contributed by atoms with Crippen molar-refractivity contribution < 1.29 is 4.79 Å². The number of piperidine rings is 1. The van der Waals surface area contributed by atoms with Crippen molar-refractivity contribution in [1.29, 1.82) is 0 Å². The molecule has 0 saturated carbocycles. The second-order valence-corrected chi connectivity index (χ2v) is 6.77. The van der Waals surface area contributed by atoms with Gasteiger partial charge in [0.2, 0.25) is 5.91 Å². The van der Waals surface area contributed by atoms with E-state index >= 15 is 0 Å². The molecule has 5 nitrogen and oxygen atoms in total. The van der Waals surface area contributed by atoms with Gasteiger partial charge in [-0.2, -0.15) is 0 Å². The molecule has 128 valence electrons. The first-order chi connectivity index (χ1) is 12.2. The summed E-state index contributed by atoms with van der Waals surface area (Å²) in [6.07, 6.45) is 4.52. The number of carbonyl (C=O) groups excluding carboxylic acids is 1. The van der Waals surface area contributed by atoms with E-state index in [-0.39, 0.29) is 11.8 Å². The Balaban J connectivity index is 1.51. The number of rotatable bonds is 3. The molecule has 3 heterocycles. The summed E-state index contributed by atoms with van der Waals surface area (Å²) in [5, 5.41) is 8.64. The summed E-state index contributed by atoms with van der Waals surface area (Å²) >= 11 is 0. The van der Waals surface area contributed by atoms with Crippen LogP contribution in [-0.4, -0.2) is 38.5 Å². The van der Waals surface area contributed by atoms with Crippen molar-refractivity contribution in [2.24, 2.45) is 0 Å². The quantitative estimate of drug-likeness (QED) is 0.740. The van der Waals surface area contributed by atoms with Gasteiger partial charge in [-0.25, -0.2) is 0 Å². The molecule has 0 N–H and O–H groups in total. The van der Waals surface area contributed by atoms with Crippen LogP contribution in [0.15, 0.2) is 48.7 Å². The van der Waals surface area contributed by atoms with Gasteiger partial charge in [0.25, 0.3) is 0 Å². The topological polar surface area (TPSA) is 50.5 Å². The molecule has 0 aliphatic carbocycles. The molecule has 1 atom stereocenters. The number of carbonyl (C=O) groups is 1. The zero-order valence-electron chi connectivity index (χ0n) is 14.4. The van der Waals surface area contributed by atoms with Gasteiger partial charge in [0, 0.05) is 25.2 Å². The van der Waals surface area contributed by atoms with Crippen LogP contribution in [0.5, 0.6) is 0 Å². The average Bonchev–Trinajstić information content (AvgIpc) is 3.08. The summed E-state index contributed by atoms with van der Waals surface area (Å²) < 4.78 is 2.04. The van der Waals surface area contributed by atoms with Crippen molar-refractivity contribution in [2.45, 2.75) is 32.1 Å². The lowest BCUT2D eigenvalue weighted by Gasteiger charge is -2.32. The molecule has 1 aliphatic heterocycles. The molecular formula is C20H22N4O. The lowest BCUT2D eigenvalue weighted by Crippen LogP contribution is -2.40. The average molecular weight is 334 g/mol. The predicted octanol–water partition coefficient (Wildman–Crippen LogP) is 2.99. The number of aromatic nitrogens is 3. The van der Waals surface area contributed by atoms with E-state index in [1.807, 2.05) is 51.9 Å². The van der Waals surface area contributed by atoms with Crippen LogP contribution in [0.3, 0.4) is 0 Å². The van der Waals surface area contributed by atoms with Crippen molar-refractivity contribution in [1.82, 2.24) is 19.5 Å². The molecule has 1 amide bonds. The third-order valence-electron chi connectivity index (χ3n) is 5.08. The molecule has 1 unspecified atom stereocenters. The molecule has 0 bridgehead atoms. The fourth-order valence-electron chi connectivity index (χ4n) is 3.64. The number of pyridine rings is 1. The van der Waals surface area contributed by atoms with Crippen LogP contribution in [0.2, 0.25) is 0 Å². The van der Waals surface area contributed by atoms with E-state index in [9.17, 15) is 4.79 Å². The van der Waals surface area contributed by atoms with Crippen molar-refractivity contribution in [3.05, 3.63) is 65.6 Å². The number of nitrogens with zero attached hydrogens (tertiary/aromatic N) is 4. The van der Waals surface area contributed by atoms with Gasteiger partial charge in [-0.1, -0.05) is 30.3 Å². The monoisotopic (exact) mass is 334 g/mol. The third-order valence-corrected chi connectivity index (χ3v) is 5.08. The van der Waals surface area contributed by atoms with Crippen LogP contribution in [-0.2, 0) is 11.2 Å². The molecule has 0 radical (unpaired) electrons. The molecule has 1 aromatic carbocycles. The molecular weight excluding hydrogens is 312 g/mol. The lowest BCUT2D eigenvalue weighted by molar-refractivity contribution is -0.131. The maximum absolute atomic E-state index is 12.8. The number of likely N-dealkylation sites (tertiary alicyclic amines) is 1. The zero-order valence-corrected chi connectivity index (χ0v) is 14.4. The number of hydrogen-bond acceptors (Lipinski definition) is 3. The fourth-order valence-corrected chi connectivity index (χ4v) is 3.64. The summed E-state index contributed by atoms with van der Waals surface area (Å²) in [5.41, 5.74) is 3.15. The number of benzene rings is 1. The first kappa shape index (κ1) is 15.8. The number of hydrogen-bond donors (Lipinski definition) is 0. The molecule has 3 aromatic rings. The van der Waals surface area contributed by atoms with E-state index in [1.165, 1.54) is 5.56 Å². The molecule has 5 heteroatoms. The van der Waals surface area contributed by atoms with Crippen molar-refractivity contribution >= 4 is 11.6 Å². The van der Waals surface area contributed by atoms with Crippen LogP contribution in [0.1, 0.15) is 35.7 Å². The second kappa shape index (κ2) is 6.67. The second-order valence-electron chi connectivity index (χ2n) is 6.77. The zero-order chi connectivity index (χ0) is 17.2. The summed E-state index contributed by atoms with van der Waals surface area (Å²) in [4.78, 5) is 14.8. The minimum Gasteiger partial charge on any atom is -0.342 e. The summed E-state index contributed by atoms with van der Waals surface area (Å²) in [6.45, 7) is 3.61. The number of aryl methyl sites for hydroxylation is 1. The Hall–Kier alpha value is -2.69. The summed E-state index contributed by atoms with van der Waals surface area (Å²) in [5.74, 6) is 1.41. The van der Waals surface area contributed by atoms with Crippen molar-refractivity contribution in [3.63, 3.8) is 0 Å². The molecule has 0 spiro atoms. The van der Waals surface area contributed by atoms with Gasteiger partial charge in [-0.15, -0.1) is 10.2 Å². The Morgan fingerprint density at radius 2 is 2.00 bits per heavy atom. The van der Waals surface area contributed by atoms with Gasteiger partial charge in [-0.05, 0) is 43.0 Å². The van der Waals surface area contributed by atoms with E-state index in [4.69, 9.17) is 0 Å². The molecule has 25 heavy (non-hydrogen) atoms. The molecule has 1 saturated heterocycles. The number of fused-ring (bicyclic) bond motifs is 1. The van der Waals surface area contributed by atoms with Gasteiger partial charge in [0.15, 0.2) is 5.65 Å². The van der Waals surface area contributed by atoms with E-state index in [1.54, 1.807) is 0 Å². The highest BCUT2D eigenvalue weighted by Crippen LogP contribution is 2.26. The van der Waals surface area contributed by atoms with Gasteiger partial charge in [-0.3, -0.25) is 9.20 Å². The minimum absolute atomic E-state index is 0.202. The molecule has 4 rings (SSSR count). The van der Waals surface area contributed by atoms with Crippen LogP contribution in [0, 0.1) is 6.92 Å². The Kier molecular flexibility index (Phi) is 4.22. The third kappa shape index (κ3) is 3.14. The summed E-state index contributed by atoms with van der Waals surface area (Å²) in [7, 11) is 0. The Morgan fingerprint density at radius 1 is 1.16 bits per heavy atom. The lowest BCUT2D eigenvalue weighted by atomic mass is 9.96. The van der Waals surface area contributed by atoms with Crippen molar-refractivity contribution in [2.75, 3.05) is 13.1 Å². The van der Waals surface area contributed by atoms with Crippen LogP contribution in [0.25, 0.3) is 5.65 Å². The molecule has 1 fully saturated rings. The van der Waals surface area contributed by atoms with Crippen LogP contribution < -0.4 is 0 Å². The molecule has 2 aromatic heterocycles. The minimum atomic E-state index is 0.202. The highest BCUT2D eigenvalue weighted by Gasteiger charge is 2.27. The largest absolute Gasteiger partial charge is 0.342 e. The Labute approximate surface area is 147 Å². The first-order valence-corrected chi connectivity index (χ1v) is 8.84. The van der Waals surface area contributed by atoms with Gasteiger partial charge in [0.1, 0.15) is 5.82 Å². The van der Waals surface area contributed by atoms with E-state index in [0.29, 0.717) is 6.42 Å². The predicted molar refractivity (Wildman–Crippen MR) is 96.4 cm³/mol. The maximum Gasteiger partial charge on any atom is 0.227 e. The maximum atomic E-state index is 12.8. The molecule has 1 aliphatic rings. The highest BCUT2D eigenvalue weighted by molar-refractivity contribution is 5.79. The van der Waals surface area contributed by atoms with Crippen molar-refractivity contribution in [3.8, 4) is 0 Å². The van der Waals surface area contributed by atoms with Gasteiger partial charge < -0.3 is 4.90 Å². The van der Waals surface area contributed by atoms with Gasteiger partial charge >= 0.3 is 0 Å². The number of amides is 1. The van der Waals surface area contributed by atoms with Gasteiger partial charge in [0.05, 0.1) is 6.42 Å². The van der Waals surface area contributed by atoms with Crippen LogP contribution in [0.4, 0.5) is 0 Å². The van der Waals surface area contributed by atoms with E-state index in [2.05, 4.69) is 23.2 Å². The van der Waals surface area contributed by atoms with E-state index < -0.39 is 0 Å². The summed E-state index contributed by atoms with van der Waals surface area (Å²) in [6, 6.07) is 14.0. The normalized spacial score (nSPS) is 17.8. The Morgan fingerprint density at radius 3 is 2.88 bits per heavy atom. The SMILES string of the molecule is Cc1ccccc1CC(=O)N1CCCC(c2nnc3ccccn23)C1. The van der Waals surface area contributed by atoms with E-state index in [0.717, 1.165) is 43.0 Å². The fraction of sp³-hybridized carbons (Fsp3) is 0.350.